The lowest BCUT2D eigenvalue weighted by molar-refractivity contribution is -0.131. The van der Waals surface area contributed by atoms with Gasteiger partial charge >= 0.3 is 0 Å². The normalized spacial score (nSPS) is 22.6. The van der Waals surface area contributed by atoms with Crippen molar-refractivity contribution >= 4 is 45.3 Å². The molecule has 0 saturated carbocycles. The number of likely N-dealkylation sites (tertiary alicyclic amines) is 3. The highest BCUT2D eigenvalue weighted by molar-refractivity contribution is 9.09. The summed E-state index contributed by atoms with van der Waals surface area (Å²) in [7, 11) is 0. The maximum atomic E-state index is 11.2. The summed E-state index contributed by atoms with van der Waals surface area (Å²) in [6.45, 7) is 4.02. The topological polar surface area (TPSA) is 166 Å². The zero-order valence-electron chi connectivity index (χ0n) is 19.5. The van der Waals surface area contributed by atoms with Crippen molar-refractivity contribution in [2.45, 2.75) is 70.0 Å². The van der Waals surface area contributed by atoms with Crippen molar-refractivity contribution in [1.82, 2.24) is 14.7 Å². The Morgan fingerprint density at radius 1 is 0.794 bits per heavy atom. The van der Waals surface area contributed by atoms with Crippen LogP contribution in [0.3, 0.4) is 0 Å². The molecule has 3 aliphatic rings. The van der Waals surface area contributed by atoms with Gasteiger partial charge in [0.2, 0.25) is 17.7 Å². The predicted molar refractivity (Wildman–Crippen MR) is 131 cm³/mol. The first-order chi connectivity index (χ1) is 15.9. The van der Waals surface area contributed by atoms with Crippen LogP contribution in [0.4, 0.5) is 0 Å². The Kier molecular flexibility index (Phi) is 15.9. The fraction of sp³-hybridized carbons (Fsp3) is 0.727. The number of alkyl halides is 2. The maximum absolute atomic E-state index is 11.2. The van der Waals surface area contributed by atoms with E-state index < -0.39 is 0 Å². The van der Waals surface area contributed by atoms with Gasteiger partial charge in [-0.15, -0.1) is 11.6 Å². The molecule has 0 aliphatic carbocycles. The average Bonchev–Trinajstić information content (AvgIpc) is 3.62. The largest absolute Gasteiger partial charge is 0.693 e. The average molecular weight is 558 g/mol. The smallest absolute Gasteiger partial charge is 0.238 e. The van der Waals surface area contributed by atoms with Gasteiger partial charge in [0, 0.05) is 26.1 Å². The Hall–Kier alpha value is -2.39. The minimum Gasteiger partial charge on any atom is -0.693 e. The number of hydrogen-bond acceptors (Lipinski definition) is 6. The van der Waals surface area contributed by atoms with E-state index >= 15 is 0 Å². The van der Waals surface area contributed by atoms with E-state index in [0.29, 0.717) is 18.3 Å². The second kappa shape index (κ2) is 17.1. The molecule has 3 rings (SSSR count). The predicted octanol–water partition coefficient (Wildman–Crippen LogP) is 3.26. The van der Waals surface area contributed by atoms with Crippen molar-refractivity contribution in [3.8, 4) is 18.2 Å². The third-order valence-electron chi connectivity index (χ3n) is 5.70. The number of carbonyl (C=O) groups is 3. The highest BCUT2D eigenvalue weighted by Gasteiger charge is 2.28. The lowest BCUT2D eigenvalue weighted by Gasteiger charge is -2.17. The van der Waals surface area contributed by atoms with Gasteiger partial charge in [0.05, 0.1) is 23.5 Å². The molecular formula is C22H32BrClN7O3-. The molecule has 3 saturated heterocycles. The zero-order valence-corrected chi connectivity index (χ0v) is 21.8. The highest BCUT2D eigenvalue weighted by Crippen LogP contribution is 2.18. The number of amides is 3. The quantitative estimate of drug-likeness (QED) is 0.483. The SMILES string of the molecule is CCC(=O)N1CCC[C@H]1C#N.N#C[C@@H]1CCCN1C(=O)CBr.N#C[C@@H]1CCCN1C(=O)CCl.[NH2-]. The molecule has 10 nitrogen and oxygen atoms in total. The van der Waals surface area contributed by atoms with Crippen molar-refractivity contribution in [2.75, 3.05) is 30.8 Å². The van der Waals surface area contributed by atoms with E-state index in [2.05, 4.69) is 34.1 Å². The molecule has 188 valence electrons. The van der Waals surface area contributed by atoms with Crippen LogP contribution in [0.25, 0.3) is 6.15 Å². The van der Waals surface area contributed by atoms with Gasteiger partial charge in [-0.1, -0.05) is 22.9 Å². The molecule has 3 heterocycles. The van der Waals surface area contributed by atoms with Gasteiger partial charge in [0.25, 0.3) is 0 Å². The van der Waals surface area contributed by atoms with Crippen LogP contribution in [-0.4, -0.2) is 81.4 Å². The number of carbonyl (C=O) groups excluding carboxylic acids is 3. The van der Waals surface area contributed by atoms with Crippen molar-refractivity contribution in [1.29, 1.82) is 15.8 Å². The maximum Gasteiger partial charge on any atom is 0.238 e. The van der Waals surface area contributed by atoms with Gasteiger partial charge in [-0.3, -0.25) is 14.4 Å². The molecule has 3 atom stereocenters. The van der Waals surface area contributed by atoms with E-state index in [1.807, 2.05) is 6.92 Å². The molecule has 0 aromatic rings. The number of nitriles is 3. The first-order valence-electron chi connectivity index (χ1n) is 11.1. The van der Waals surface area contributed by atoms with Crippen molar-refractivity contribution < 1.29 is 14.4 Å². The number of nitrogens with two attached hydrogens (primary N) is 1. The molecule has 3 amide bonds. The van der Waals surface area contributed by atoms with Crippen LogP contribution in [0.1, 0.15) is 51.9 Å². The number of nitrogens with zero attached hydrogens (tertiary/aromatic N) is 6. The zero-order chi connectivity index (χ0) is 24.8. The third-order valence-corrected chi connectivity index (χ3v) is 6.41. The van der Waals surface area contributed by atoms with Gasteiger partial charge in [0.15, 0.2) is 0 Å². The molecule has 34 heavy (non-hydrogen) atoms. The van der Waals surface area contributed by atoms with Gasteiger partial charge in [0.1, 0.15) is 24.0 Å². The fourth-order valence-corrected chi connectivity index (χ4v) is 4.43. The highest BCUT2D eigenvalue weighted by atomic mass is 79.9. The molecule has 12 heteroatoms. The van der Waals surface area contributed by atoms with Crippen LogP contribution in [0, 0.1) is 34.0 Å². The van der Waals surface area contributed by atoms with Crippen molar-refractivity contribution in [2.24, 2.45) is 0 Å². The molecular weight excluding hydrogens is 526 g/mol. The lowest BCUT2D eigenvalue weighted by atomic mass is 10.2. The van der Waals surface area contributed by atoms with Crippen molar-refractivity contribution in [3.05, 3.63) is 6.15 Å². The molecule has 0 aromatic carbocycles. The standard InChI is InChI=1S/C8H12N2O.C7H9BrN2O.C7H9ClN2O.H2N/c1-2-8(11)10-5-3-4-7(10)6-9;2*8-4-7(11)10-3-1-2-6(10)5-9;/h7H,2-5H2,1H3;2*6H,1-4H2;1H2/q;;;-1/t7-;2*6-;/m000./s1. The van der Waals surface area contributed by atoms with Crippen LogP contribution in [0.15, 0.2) is 0 Å². The fourth-order valence-electron chi connectivity index (χ4n) is 3.95. The first-order valence-corrected chi connectivity index (χ1v) is 12.7. The first kappa shape index (κ1) is 31.6. The summed E-state index contributed by atoms with van der Waals surface area (Å²) >= 11 is 8.43. The molecule has 0 aromatic heterocycles. The van der Waals surface area contributed by atoms with E-state index in [9.17, 15) is 14.4 Å². The van der Waals surface area contributed by atoms with E-state index in [4.69, 9.17) is 27.4 Å². The number of rotatable bonds is 3. The van der Waals surface area contributed by atoms with Crippen LogP contribution in [0.5, 0.6) is 0 Å². The van der Waals surface area contributed by atoms with E-state index in [-0.39, 0.29) is 47.9 Å². The molecule has 2 N–H and O–H groups in total. The van der Waals surface area contributed by atoms with Gasteiger partial charge < -0.3 is 20.9 Å². The van der Waals surface area contributed by atoms with Gasteiger partial charge in [-0.05, 0) is 38.5 Å². The molecule has 0 spiro atoms. The van der Waals surface area contributed by atoms with Crippen LogP contribution >= 0.6 is 27.5 Å². The summed E-state index contributed by atoms with van der Waals surface area (Å²) in [5.74, 6) is -0.0168. The summed E-state index contributed by atoms with van der Waals surface area (Å²) in [5, 5.41) is 26.2. The summed E-state index contributed by atoms with van der Waals surface area (Å²) in [6, 6.07) is 5.76. The molecule has 3 aliphatic heterocycles. The molecule has 0 radical (unpaired) electrons. The van der Waals surface area contributed by atoms with Crippen LogP contribution < -0.4 is 0 Å². The second-order valence-corrected chi connectivity index (χ2v) is 8.57. The molecule has 3 fully saturated rings. The van der Waals surface area contributed by atoms with Crippen molar-refractivity contribution in [3.63, 3.8) is 0 Å². The Morgan fingerprint density at radius 3 is 1.44 bits per heavy atom. The Labute approximate surface area is 215 Å². The lowest BCUT2D eigenvalue weighted by Crippen LogP contribution is -2.35. The molecule has 0 unspecified atom stereocenters. The summed E-state index contributed by atoms with van der Waals surface area (Å²) in [5.41, 5.74) is 0. The monoisotopic (exact) mass is 556 g/mol. The Balaban J connectivity index is 0.000000473. The molecule has 0 bridgehead atoms. The third kappa shape index (κ3) is 9.10. The second-order valence-electron chi connectivity index (χ2n) is 7.74. The Bertz CT molecular complexity index is 703. The summed E-state index contributed by atoms with van der Waals surface area (Å²) < 4.78 is 0. The van der Waals surface area contributed by atoms with Gasteiger partial charge in [-0.25, -0.2) is 0 Å². The summed E-state index contributed by atoms with van der Waals surface area (Å²) in [6.07, 6.45) is 5.83. The summed E-state index contributed by atoms with van der Waals surface area (Å²) in [4.78, 5) is 38.2. The van der Waals surface area contributed by atoms with E-state index in [1.165, 1.54) is 0 Å². The van der Waals surface area contributed by atoms with Crippen LogP contribution in [-0.2, 0) is 14.4 Å². The Morgan fingerprint density at radius 2 is 1.15 bits per heavy atom. The van der Waals surface area contributed by atoms with Gasteiger partial charge in [-0.2, -0.15) is 15.8 Å². The van der Waals surface area contributed by atoms with Crippen LogP contribution in [0.2, 0.25) is 0 Å². The number of hydrogen-bond donors (Lipinski definition) is 0. The number of halogens is 2. The minimum absolute atomic E-state index is 0. The minimum atomic E-state index is -0.235. The van der Waals surface area contributed by atoms with E-state index in [1.54, 1.807) is 14.7 Å². The van der Waals surface area contributed by atoms with E-state index in [0.717, 1.165) is 51.6 Å².